The van der Waals surface area contributed by atoms with Gasteiger partial charge in [0.25, 0.3) is 0 Å². The van der Waals surface area contributed by atoms with Gasteiger partial charge in [-0.05, 0) is 30.7 Å². The average Bonchev–Trinajstić information content (AvgIpc) is 2.61. The van der Waals surface area contributed by atoms with Crippen LogP contribution >= 0.6 is 0 Å². The highest BCUT2D eigenvalue weighted by molar-refractivity contribution is 5.46. The first-order valence-corrected chi connectivity index (χ1v) is 7.86. The Morgan fingerprint density at radius 2 is 1.48 bits per heavy atom. The van der Waals surface area contributed by atoms with E-state index in [0.717, 1.165) is 23.5 Å². The Balaban J connectivity index is 1.64. The lowest BCUT2D eigenvalue weighted by Gasteiger charge is -2.13. The molecule has 3 aromatic carbocycles. The van der Waals surface area contributed by atoms with Gasteiger partial charge in [-0.15, -0.1) is 0 Å². The molecule has 0 aliphatic carbocycles. The Kier molecular flexibility index (Phi) is 4.95. The van der Waals surface area contributed by atoms with Crippen molar-refractivity contribution in [2.75, 3.05) is 5.32 Å². The van der Waals surface area contributed by atoms with Gasteiger partial charge in [0, 0.05) is 17.8 Å². The van der Waals surface area contributed by atoms with Crippen LogP contribution in [0.4, 0.5) is 5.69 Å². The second-order valence-electron chi connectivity index (χ2n) is 5.60. The van der Waals surface area contributed by atoms with Gasteiger partial charge >= 0.3 is 0 Å². The normalized spacial score (nSPS) is 10.3. The third-order valence-corrected chi connectivity index (χ3v) is 3.74. The fourth-order valence-electron chi connectivity index (χ4n) is 2.39. The minimum atomic E-state index is 0.586. The van der Waals surface area contributed by atoms with Crippen LogP contribution in [0.1, 0.15) is 16.7 Å². The Morgan fingerprint density at radius 3 is 2.26 bits per heavy atom. The monoisotopic (exact) mass is 303 g/mol. The van der Waals surface area contributed by atoms with E-state index in [4.69, 9.17) is 4.74 Å². The lowest BCUT2D eigenvalue weighted by atomic mass is 10.2. The Bertz CT molecular complexity index is 735. The van der Waals surface area contributed by atoms with Crippen molar-refractivity contribution >= 4 is 5.69 Å². The van der Waals surface area contributed by atoms with Gasteiger partial charge in [-0.3, -0.25) is 0 Å². The molecule has 0 aliphatic rings. The van der Waals surface area contributed by atoms with Crippen LogP contribution in [-0.2, 0) is 13.2 Å². The number of benzene rings is 3. The largest absolute Gasteiger partial charge is 0.489 e. The summed E-state index contributed by atoms with van der Waals surface area (Å²) in [6, 6.07) is 26.8. The molecule has 0 unspecified atom stereocenters. The summed E-state index contributed by atoms with van der Waals surface area (Å²) in [5.74, 6) is 0.927. The third kappa shape index (κ3) is 4.36. The first kappa shape index (κ1) is 15.2. The molecular formula is C21H21NO. The highest BCUT2D eigenvalue weighted by atomic mass is 16.5. The topological polar surface area (TPSA) is 21.3 Å². The summed E-state index contributed by atoms with van der Waals surface area (Å²) in [4.78, 5) is 0. The lowest BCUT2D eigenvalue weighted by Crippen LogP contribution is -2.03. The molecule has 2 nitrogen and oxygen atoms in total. The van der Waals surface area contributed by atoms with Gasteiger partial charge in [-0.25, -0.2) is 0 Å². The van der Waals surface area contributed by atoms with Crippen molar-refractivity contribution in [2.24, 2.45) is 0 Å². The minimum Gasteiger partial charge on any atom is -0.489 e. The molecule has 0 bridgehead atoms. The van der Waals surface area contributed by atoms with E-state index in [1.807, 2.05) is 36.4 Å². The standard InChI is InChI=1S/C21H21NO/c1-17-11-13-20(14-12-17)22-15-19-9-5-6-10-21(19)23-16-18-7-3-2-4-8-18/h2-14,22H,15-16H2,1H3. The van der Waals surface area contributed by atoms with Gasteiger partial charge in [-0.1, -0.05) is 66.2 Å². The maximum atomic E-state index is 5.99. The second-order valence-corrected chi connectivity index (χ2v) is 5.60. The van der Waals surface area contributed by atoms with E-state index >= 15 is 0 Å². The predicted octanol–water partition coefficient (Wildman–Crippen LogP) is 5.19. The first-order chi connectivity index (χ1) is 11.3. The molecule has 0 atom stereocenters. The van der Waals surface area contributed by atoms with Crippen molar-refractivity contribution in [1.82, 2.24) is 0 Å². The highest BCUT2D eigenvalue weighted by Crippen LogP contribution is 2.21. The van der Waals surface area contributed by atoms with E-state index < -0.39 is 0 Å². The quantitative estimate of drug-likeness (QED) is 0.677. The van der Waals surface area contributed by atoms with E-state index in [0.29, 0.717) is 6.61 Å². The molecule has 0 spiro atoms. The number of ether oxygens (including phenoxy) is 1. The Hall–Kier alpha value is -2.74. The molecular weight excluding hydrogens is 282 g/mol. The first-order valence-electron chi connectivity index (χ1n) is 7.86. The number of rotatable bonds is 6. The third-order valence-electron chi connectivity index (χ3n) is 3.74. The zero-order valence-electron chi connectivity index (χ0n) is 13.3. The fraction of sp³-hybridized carbons (Fsp3) is 0.143. The van der Waals surface area contributed by atoms with E-state index in [9.17, 15) is 0 Å². The number of aryl methyl sites for hydroxylation is 1. The molecule has 0 saturated carbocycles. The molecule has 3 aromatic rings. The van der Waals surface area contributed by atoms with Crippen LogP contribution in [0.5, 0.6) is 5.75 Å². The molecule has 1 N–H and O–H groups in total. The molecule has 0 radical (unpaired) electrons. The molecule has 0 saturated heterocycles. The lowest BCUT2D eigenvalue weighted by molar-refractivity contribution is 0.303. The summed E-state index contributed by atoms with van der Waals surface area (Å²) < 4.78 is 5.99. The van der Waals surface area contributed by atoms with E-state index in [1.165, 1.54) is 11.1 Å². The molecule has 0 amide bonds. The number of anilines is 1. The summed E-state index contributed by atoms with van der Waals surface area (Å²) in [6.07, 6.45) is 0. The molecule has 3 rings (SSSR count). The average molecular weight is 303 g/mol. The maximum absolute atomic E-state index is 5.99. The summed E-state index contributed by atoms with van der Waals surface area (Å²) in [5, 5.41) is 3.45. The smallest absolute Gasteiger partial charge is 0.124 e. The highest BCUT2D eigenvalue weighted by Gasteiger charge is 2.03. The zero-order chi connectivity index (χ0) is 15.9. The van der Waals surface area contributed by atoms with Crippen LogP contribution in [0.25, 0.3) is 0 Å². The van der Waals surface area contributed by atoms with Gasteiger partial charge in [0.2, 0.25) is 0 Å². The van der Waals surface area contributed by atoms with Crippen LogP contribution < -0.4 is 10.1 Å². The van der Waals surface area contributed by atoms with Crippen LogP contribution in [0, 0.1) is 6.92 Å². The molecule has 116 valence electrons. The number of para-hydroxylation sites is 1. The summed E-state index contributed by atoms with van der Waals surface area (Å²) in [5.41, 5.74) is 4.72. The van der Waals surface area contributed by atoms with Crippen LogP contribution in [0.15, 0.2) is 78.9 Å². The van der Waals surface area contributed by atoms with Gasteiger partial charge in [0.15, 0.2) is 0 Å². The summed E-state index contributed by atoms with van der Waals surface area (Å²) in [7, 11) is 0. The summed E-state index contributed by atoms with van der Waals surface area (Å²) in [6.45, 7) is 3.42. The predicted molar refractivity (Wildman–Crippen MR) is 95.7 cm³/mol. The van der Waals surface area contributed by atoms with Gasteiger partial charge in [-0.2, -0.15) is 0 Å². The number of hydrogen-bond donors (Lipinski definition) is 1. The summed E-state index contributed by atoms with van der Waals surface area (Å²) >= 11 is 0. The number of nitrogens with one attached hydrogen (secondary N) is 1. The van der Waals surface area contributed by atoms with Crippen LogP contribution in [-0.4, -0.2) is 0 Å². The van der Waals surface area contributed by atoms with E-state index in [2.05, 4.69) is 54.7 Å². The van der Waals surface area contributed by atoms with Crippen LogP contribution in [0.2, 0.25) is 0 Å². The number of hydrogen-bond acceptors (Lipinski definition) is 2. The molecule has 23 heavy (non-hydrogen) atoms. The van der Waals surface area contributed by atoms with Crippen molar-refractivity contribution in [1.29, 1.82) is 0 Å². The van der Waals surface area contributed by atoms with Crippen molar-refractivity contribution in [3.05, 3.63) is 95.6 Å². The Morgan fingerprint density at radius 1 is 0.783 bits per heavy atom. The molecule has 0 heterocycles. The van der Waals surface area contributed by atoms with Crippen molar-refractivity contribution < 1.29 is 4.74 Å². The molecule has 0 fully saturated rings. The second kappa shape index (κ2) is 7.50. The Labute approximate surface area is 137 Å². The molecule has 2 heteroatoms. The maximum Gasteiger partial charge on any atom is 0.124 e. The molecule has 0 aliphatic heterocycles. The van der Waals surface area contributed by atoms with Crippen LogP contribution in [0.3, 0.4) is 0 Å². The fourth-order valence-corrected chi connectivity index (χ4v) is 2.39. The van der Waals surface area contributed by atoms with Crippen molar-refractivity contribution in [2.45, 2.75) is 20.1 Å². The van der Waals surface area contributed by atoms with E-state index in [1.54, 1.807) is 0 Å². The van der Waals surface area contributed by atoms with Crippen molar-refractivity contribution in [3.8, 4) is 5.75 Å². The SMILES string of the molecule is Cc1ccc(NCc2ccccc2OCc2ccccc2)cc1. The van der Waals surface area contributed by atoms with Gasteiger partial charge in [0.1, 0.15) is 12.4 Å². The van der Waals surface area contributed by atoms with Gasteiger partial charge in [0.05, 0.1) is 0 Å². The minimum absolute atomic E-state index is 0.586. The molecule has 0 aromatic heterocycles. The van der Waals surface area contributed by atoms with Crippen molar-refractivity contribution in [3.63, 3.8) is 0 Å². The zero-order valence-corrected chi connectivity index (χ0v) is 13.3. The van der Waals surface area contributed by atoms with Gasteiger partial charge < -0.3 is 10.1 Å². The van der Waals surface area contributed by atoms with E-state index in [-0.39, 0.29) is 0 Å².